The Bertz CT molecular complexity index is 628. The van der Waals surface area contributed by atoms with Crippen LogP contribution in [0.2, 0.25) is 0 Å². The maximum Gasteiger partial charge on any atom is 0.238 e. The Morgan fingerprint density at radius 2 is 1.83 bits per heavy atom. The number of nitrogens with one attached hydrogen (secondary N) is 1. The van der Waals surface area contributed by atoms with Gasteiger partial charge in [0.2, 0.25) is 5.91 Å². The fourth-order valence-corrected chi connectivity index (χ4v) is 2.16. The number of likely N-dealkylation sites (N-methyl/N-ethyl adjacent to an activating group) is 1. The molecule has 0 radical (unpaired) electrons. The van der Waals surface area contributed by atoms with Gasteiger partial charge in [0.05, 0.1) is 6.54 Å². The minimum Gasteiger partial charge on any atom is -0.457 e. The van der Waals surface area contributed by atoms with Crippen LogP contribution in [0.1, 0.15) is 20.3 Å². The first-order chi connectivity index (χ1) is 11.1. The van der Waals surface area contributed by atoms with Crippen LogP contribution < -0.4 is 10.1 Å². The number of para-hydroxylation sites is 1. The molecule has 1 atom stereocenters. The van der Waals surface area contributed by atoms with Crippen molar-refractivity contribution in [2.45, 2.75) is 26.3 Å². The summed E-state index contributed by atoms with van der Waals surface area (Å²) in [6.45, 7) is 4.60. The second-order valence-corrected chi connectivity index (χ2v) is 5.66. The summed E-state index contributed by atoms with van der Waals surface area (Å²) in [5, 5.41) is 2.92. The van der Waals surface area contributed by atoms with Crippen LogP contribution in [-0.2, 0) is 4.79 Å². The minimum absolute atomic E-state index is 0.0235. The molecular formula is C19H24N2O2. The summed E-state index contributed by atoms with van der Waals surface area (Å²) >= 11 is 0. The Kier molecular flexibility index (Phi) is 6.18. The molecule has 1 unspecified atom stereocenters. The van der Waals surface area contributed by atoms with Crippen LogP contribution in [0.3, 0.4) is 0 Å². The first-order valence-electron chi connectivity index (χ1n) is 7.91. The molecule has 2 aromatic carbocycles. The number of nitrogens with zero attached hydrogens (tertiary/aromatic N) is 1. The van der Waals surface area contributed by atoms with Crippen molar-refractivity contribution in [1.82, 2.24) is 4.90 Å². The van der Waals surface area contributed by atoms with Gasteiger partial charge in [-0.1, -0.05) is 31.2 Å². The smallest absolute Gasteiger partial charge is 0.238 e. The number of carbonyl (C=O) groups excluding carboxylic acids is 1. The molecule has 1 N–H and O–H groups in total. The Hall–Kier alpha value is -2.33. The zero-order chi connectivity index (χ0) is 16.7. The van der Waals surface area contributed by atoms with Gasteiger partial charge in [0.25, 0.3) is 0 Å². The molecule has 122 valence electrons. The van der Waals surface area contributed by atoms with Crippen molar-refractivity contribution in [3.05, 3.63) is 54.6 Å². The first kappa shape index (κ1) is 17.0. The molecule has 0 aliphatic carbocycles. The van der Waals surface area contributed by atoms with Crippen molar-refractivity contribution < 1.29 is 9.53 Å². The molecule has 0 spiro atoms. The standard InChI is InChI=1S/C19H24N2O2/c1-4-15(2)21(3)14-19(22)20-16-9-8-12-18(13-16)23-17-10-6-5-7-11-17/h5-13,15H,4,14H2,1-3H3,(H,20,22). The maximum absolute atomic E-state index is 12.1. The Morgan fingerprint density at radius 1 is 1.13 bits per heavy atom. The van der Waals surface area contributed by atoms with Crippen molar-refractivity contribution in [3.8, 4) is 11.5 Å². The lowest BCUT2D eigenvalue weighted by Crippen LogP contribution is -2.36. The average molecular weight is 312 g/mol. The number of benzene rings is 2. The number of hydrogen-bond donors (Lipinski definition) is 1. The lowest BCUT2D eigenvalue weighted by molar-refractivity contribution is -0.117. The van der Waals surface area contributed by atoms with Gasteiger partial charge in [-0.15, -0.1) is 0 Å². The molecule has 0 saturated carbocycles. The molecule has 0 aliphatic heterocycles. The average Bonchev–Trinajstić information content (AvgIpc) is 2.55. The van der Waals surface area contributed by atoms with Crippen molar-refractivity contribution >= 4 is 11.6 Å². The topological polar surface area (TPSA) is 41.6 Å². The normalized spacial score (nSPS) is 12.0. The SMILES string of the molecule is CCC(C)N(C)CC(=O)Nc1cccc(Oc2ccccc2)c1. The molecule has 0 aliphatic rings. The maximum atomic E-state index is 12.1. The quantitative estimate of drug-likeness (QED) is 0.835. The van der Waals surface area contributed by atoms with Crippen LogP contribution in [0, 0.1) is 0 Å². The van der Waals surface area contributed by atoms with E-state index in [1.807, 2.05) is 66.5 Å². The summed E-state index contributed by atoms with van der Waals surface area (Å²) in [7, 11) is 1.96. The van der Waals surface area contributed by atoms with Crippen LogP contribution in [0.4, 0.5) is 5.69 Å². The number of rotatable bonds is 7. The van der Waals surface area contributed by atoms with Gasteiger partial charge in [-0.05, 0) is 44.7 Å². The third-order valence-corrected chi connectivity index (χ3v) is 3.83. The molecule has 0 aromatic heterocycles. The van der Waals surface area contributed by atoms with Crippen LogP contribution in [0.15, 0.2) is 54.6 Å². The largest absolute Gasteiger partial charge is 0.457 e. The molecule has 23 heavy (non-hydrogen) atoms. The summed E-state index contributed by atoms with van der Waals surface area (Å²) in [6.07, 6.45) is 1.02. The molecule has 4 heteroatoms. The summed E-state index contributed by atoms with van der Waals surface area (Å²) in [4.78, 5) is 14.2. The third-order valence-electron chi connectivity index (χ3n) is 3.83. The number of hydrogen-bond acceptors (Lipinski definition) is 3. The van der Waals surface area contributed by atoms with Crippen LogP contribution in [0.5, 0.6) is 11.5 Å². The number of amides is 1. The summed E-state index contributed by atoms with van der Waals surface area (Å²) in [6, 6.07) is 17.4. The number of anilines is 1. The molecular weight excluding hydrogens is 288 g/mol. The van der Waals surface area contributed by atoms with E-state index in [4.69, 9.17) is 4.74 Å². The minimum atomic E-state index is -0.0235. The Morgan fingerprint density at radius 3 is 2.52 bits per heavy atom. The zero-order valence-electron chi connectivity index (χ0n) is 14.0. The van der Waals surface area contributed by atoms with Gasteiger partial charge in [-0.25, -0.2) is 0 Å². The van der Waals surface area contributed by atoms with Gasteiger partial charge in [0.1, 0.15) is 11.5 Å². The monoisotopic (exact) mass is 312 g/mol. The van der Waals surface area contributed by atoms with E-state index >= 15 is 0 Å². The molecule has 0 saturated heterocycles. The predicted octanol–water partition coefficient (Wildman–Crippen LogP) is 4.15. The van der Waals surface area contributed by atoms with Gasteiger partial charge in [-0.3, -0.25) is 9.69 Å². The number of carbonyl (C=O) groups is 1. The molecule has 0 fully saturated rings. The zero-order valence-corrected chi connectivity index (χ0v) is 14.0. The van der Waals surface area contributed by atoms with E-state index in [0.29, 0.717) is 18.3 Å². The van der Waals surface area contributed by atoms with Crippen LogP contribution in [0.25, 0.3) is 0 Å². The highest BCUT2D eigenvalue weighted by molar-refractivity contribution is 5.92. The second kappa shape index (κ2) is 8.34. The lowest BCUT2D eigenvalue weighted by atomic mass is 10.2. The van der Waals surface area contributed by atoms with E-state index in [1.54, 1.807) is 0 Å². The van der Waals surface area contributed by atoms with Crippen molar-refractivity contribution in [2.75, 3.05) is 18.9 Å². The van der Waals surface area contributed by atoms with Crippen molar-refractivity contribution in [2.24, 2.45) is 0 Å². The highest BCUT2D eigenvalue weighted by atomic mass is 16.5. The summed E-state index contributed by atoms with van der Waals surface area (Å²) < 4.78 is 5.78. The fraction of sp³-hybridized carbons (Fsp3) is 0.316. The molecule has 2 rings (SSSR count). The van der Waals surface area contributed by atoms with E-state index < -0.39 is 0 Å². The van der Waals surface area contributed by atoms with Crippen LogP contribution >= 0.6 is 0 Å². The van der Waals surface area contributed by atoms with Gasteiger partial charge >= 0.3 is 0 Å². The second-order valence-electron chi connectivity index (χ2n) is 5.66. The fourth-order valence-electron chi connectivity index (χ4n) is 2.16. The van der Waals surface area contributed by atoms with E-state index in [-0.39, 0.29) is 5.91 Å². The molecule has 0 heterocycles. The molecule has 4 nitrogen and oxygen atoms in total. The highest BCUT2D eigenvalue weighted by Crippen LogP contribution is 2.23. The Balaban J connectivity index is 1.96. The van der Waals surface area contributed by atoms with E-state index in [1.165, 1.54) is 0 Å². The third kappa shape index (κ3) is 5.42. The molecule has 1 amide bonds. The van der Waals surface area contributed by atoms with Crippen molar-refractivity contribution in [3.63, 3.8) is 0 Å². The van der Waals surface area contributed by atoms with Gasteiger partial charge in [0.15, 0.2) is 0 Å². The van der Waals surface area contributed by atoms with Crippen molar-refractivity contribution in [1.29, 1.82) is 0 Å². The van der Waals surface area contributed by atoms with E-state index in [0.717, 1.165) is 17.9 Å². The molecule has 0 bridgehead atoms. The number of ether oxygens (including phenoxy) is 1. The summed E-state index contributed by atoms with van der Waals surface area (Å²) in [5.74, 6) is 1.45. The van der Waals surface area contributed by atoms with E-state index in [9.17, 15) is 4.79 Å². The predicted molar refractivity (Wildman–Crippen MR) is 94.0 cm³/mol. The Labute approximate surface area is 138 Å². The summed E-state index contributed by atoms with van der Waals surface area (Å²) in [5.41, 5.74) is 0.737. The van der Waals surface area contributed by atoms with Gasteiger partial charge in [0, 0.05) is 17.8 Å². The molecule has 2 aromatic rings. The lowest BCUT2D eigenvalue weighted by Gasteiger charge is -2.22. The first-order valence-corrected chi connectivity index (χ1v) is 7.91. The van der Waals surface area contributed by atoms with Crippen LogP contribution in [-0.4, -0.2) is 30.4 Å². The van der Waals surface area contributed by atoms with Gasteiger partial charge in [-0.2, -0.15) is 0 Å². The highest BCUT2D eigenvalue weighted by Gasteiger charge is 2.11. The van der Waals surface area contributed by atoms with E-state index in [2.05, 4.69) is 19.2 Å². The van der Waals surface area contributed by atoms with Gasteiger partial charge < -0.3 is 10.1 Å².